The minimum absolute atomic E-state index is 0.0487. The highest BCUT2D eigenvalue weighted by molar-refractivity contribution is 9.11. The van der Waals surface area contributed by atoms with E-state index in [2.05, 4.69) is 37.2 Å². The Balaban J connectivity index is 1.86. The average Bonchev–Trinajstić information content (AvgIpc) is 2.62. The first-order valence-corrected chi connectivity index (χ1v) is 9.99. The van der Waals surface area contributed by atoms with Crippen molar-refractivity contribution in [3.63, 3.8) is 0 Å². The fourth-order valence-corrected chi connectivity index (χ4v) is 3.51. The molecule has 144 valence electrons. The minimum Gasteiger partial charge on any atom is -0.492 e. The summed E-state index contributed by atoms with van der Waals surface area (Å²) in [5.74, 6) is 0.489. The molecule has 9 heteroatoms. The molecule has 0 aromatic heterocycles. The van der Waals surface area contributed by atoms with E-state index in [9.17, 15) is 14.9 Å². The summed E-state index contributed by atoms with van der Waals surface area (Å²) in [4.78, 5) is 22.3. The van der Waals surface area contributed by atoms with E-state index in [1.165, 1.54) is 18.2 Å². The molecular formula is C18H17Br2ClN2O4. The maximum absolute atomic E-state index is 12.1. The van der Waals surface area contributed by atoms with Crippen LogP contribution < -0.4 is 10.1 Å². The van der Waals surface area contributed by atoms with Gasteiger partial charge in [0.15, 0.2) is 0 Å². The van der Waals surface area contributed by atoms with Gasteiger partial charge in [0.2, 0.25) is 5.91 Å². The topological polar surface area (TPSA) is 81.5 Å². The fourth-order valence-electron chi connectivity index (χ4n) is 2.35. The van der Waals surface area contributed by atoms with Crippen LogP contribution in [0.15, 0.2) is 33.2 Å². The molecular weight excluding hydrogens is 503 g/mol. The van der Waals surface area contributed by atoms with Crippen molar-refractivity contribution >= 4 is 60.7 Å². The fraction of sp³-hybridized carbons (Fsp3) is 0.278. The van der Waals surface area contributed by atoms with E-state index in [1.54, 1.807) is 0 Å². The third kappa shape index (κ3) is 5.67. The van der Waals surface area contributed by atoms with E-state index in [0.717, 1.165) is 15.6 Å². The van der Waals surface area contributed by atoms with E-state index in [0.29, 0.717) is 34.0 Å². The number of anilines is 1. The molecule has 27 heavy (non-hydrogen) atoms. The van der Waals surface area contributed by atoms with Crippen LogP contribution in [0.2, 0.25) is 5.02 Å². The van der Waals surface area contributed by atoms with Gasteiger partial charge in [0, 0.05) is 28.0 Å². The predicted molar refractivity (Wildman–Crippen MR) is 113 cm³/mol. The van der Waals surface area contributed by atoms with Crippen molar-refractivity contribution in [2.24, 2.45) is 0 Å². The van der Waals surface area contributed by atoms with Gasteiger partial charge in [-0.25, -0.2) is 0 Å². The first-order valence-electron chi connectivity index (χ1n) is 8.02. The number of hydrogen-bond donors (Lipinski definition) is 1. The molecule has 0 saturated carbocycles. The van der Waals surface area contributed by atoms with Gasteiger partial charge in [0.05, 0.1) is 21.7 Å². The van der Waals surface area contributed by atoms with Crippen molar-refractivity contribution < 1.29 is 14.5 Å². The standard InChI is InChI=1S/C18H17Br2ClN2O4/c1-10-8-15(17(20)11(2)18(10)21)27-7-3-4-16(24)22-14-6-5-12(23(25)26)9-13(14)19/h5-6,8-9H,3-4,7H2,1-2H3,(H,22,24). The van der Waals surface area contributed by atoms with Crippen molar-refractivity contribution in [2.45, 2.75) is 26.7 Å². The van der Waals surface area contributed by atoms with Crippen molar-refractivity contribution in [1.29, 1.82) is 0 Å². The summed E-state index contributed by atoms with van der Waals surface area (Å²) in [7, 11) is 0. The Labute approximate surface area is 178 Å². The molecule has 0 unspecified atom stereocenters. The molecule has 0 spiro atoms. The highest BCUT2D eigenvalue weighted by Gasteiger charge is 2.13. The second kappa shape index (κ2) is 9.52. The van der Waals surface area contributed by atoms with Gasteiger partial charge in [-0.1, -0.05) is 11.6 Å². The van der Waals surface area contributed by atoms with Gasteiger partial charge >= 0.3 is 0 Å². The lowest BCUT2D eigenvalue weighted by atomic mass is 10.1. The number of rotatable bonds is 7. The number of amides is 1. The molecule has 0 heterocycles. The molecule has 1 N–H and O–H groups in total. The third-order valence-corrected chi connectivity index (χ3v) is 6.04. The number of nitrogens with zero attached hydrogens (tertiary/aromatic N) is 1. The van der Waals surface area contributed by atoms with Crippen LogP contribution in [0.5, 0.6) is 5.75 Å². The number of nitrogens with one attached hydrogen (secondary N) is 1. The maximum Gasteiger partial charge on any atom is 0.270 e. The lowest BCUT2D eigenvalue weighted by molar-refractivity contribution is -0.384. The van der Waals surface area contributed by atoms with Gasteiger partial charge in [-0.2, -0.15) is 0 Å². The van der Waals surface area contributed by atoms with Crippen molar-refractivity contribution in [3.8, 4) is 5.75 Å². The number of nitro groups is 1. The van der Waals surface area contributed by atoms with Gasteiger partial charge in [-0.3, -0.25) is 14.9 Å². The molecule has 0 aliphatic rings. The van der Waals surface area contributed by atoms with Crippen LogP contribution in [0.3, 0.4) is 0 Å². The van der Waals surface area contributed by atoms with Crippen LogP contribution in [0.4, 0.5) is 11.4 Å². The van der Waals surface area contributed by atoms with E-state index in [4.69, 9.17) is 16.3 Å². The van der Waals surface area contributed by atoms with Gasteiger partial charge in [-0.15, -0.1) is 0 Å². The van der Waals surface area contributed by atoms with Gasteiger partial charge in [0.25, 0.3) is 5.69 Å². The van der Waals surface area contributed by atoms with Crippen LogP contribution in [0.25, 0.3) is 0 Å². The summed E-state index contributed by atoms with van der Waals surface area (Å²) in [6.45, 7) is 4.18. The summed E-state index contributed by atoms with van der Waals surface area (Å²) in [5, 5.41) is 14.2. The SMILES string of the molecule is Cc1cc(OCCCC(=O)Nc2ccc([N+](=O)[O-])cc2Br)c(Br)c(C)c1Cl. The Morgan fingerprint density at radius 2 is 2.00 bits per heavy atom. The summed E-state index contributed by atoms with van der Waals surface area (Å²) >= 11 is 12.9. The molecule has 0 aliphatic carbocycles. The number of aryl methyl sites for hydroxylation is 1. The molecule has 1 amide bonds. The Bertz CT molecular complexity index is 890. The first kappa shape index (κ1) is 21.7. The van der Waals surface area contributed by atoms with Crippen LogP contribution in [-0.4, -0.2) is 17.4 Å². The zero-order valence-electron chi connectivity index (χ0n) is 14.6. The second-order valence-electron chi connectivity index (χ2n) is 5.87. The molecule has 0 fully saturated rings. The third-order valence-electron chi connectivity index (χ3n) is 3.81. The van der Waals surface area contributed by atoms with Gasteiger partial charge < -0.3 is 10.1 Å². The van der Waals surface area contributed by atoms with E-state index in [-0.39, 0.29) is 18.0 Å². The molecule has 2 aromatic rings. The van der Waals surface area contributed by atoms with Crippen LogP contribution in [0.1, 0.15) is 24.0 Å². The number of carbonyl (C=O) groups is 1. The molecule has 0 aliphatic heterocycles. The Kier molecular flexibility index (Phi) is 7.64. The van der Waals surface area contributed by atoms with E-state index in [1.807, 2.05) is 19.9 Å². The average molecular weight is 521 g/mol. The molecule has 2 aromatic carbocycles. The highest BCUT2D eigenvalue weighted by atomic mass is 79.9. The number of halogens is 3. The monoisotopic (exact) mass is 518 g/mol. The number of benzene rings is 2. The van der Waals surface area contributed by atoms with E-state index < -0.39 is 4.92 Å². The molecule has 0 atom stereocenters. The normalized spacial score (nSPS) is 10.6. The Morgan fingerprint density at radius 1 is 1.30 bits per heavy atom. The summed E-state index contributed by atoms with van der Waals surface area (Å²) in [6, 6.07) is 6.04. The smallest absolute Gasteiger partial charge is 0.270 e. The maximum atomic E-state index is 12.1. The lowest BCUT2D eigenvalue weighted by Gasteiger charge is -2.13. The molecule has 6 nitrogen and oxygen atoms in total. The van der Waals surface area contributed by atoms with Crippen molar-refractivity contribution in [3.05, 3.63) is 59.5 Å². The van der Waals surface area contributed by atoms with Crippen LogP contribution in [0, 0.1) is 24.0 Å². The highest BCUT2D eigenvalue weighted by Crippen LogP contribution is 2.35. The number of nitro benzene ring substituents is 1. The second-order valence-corrected chi connectivity index (χ2v) is 7.89. The largest absolute Gasteiger partial charge is 0.492 e. The summed E-state index contributed by atoms with van der Waals surface area (Å²) in [5.41, 5.74) is 2.27. The number of carbonyl (C=O) groups excluding carboxylic acids is 1. The molecule has 0 saturated heterocycles. The number of ether oxygens (including phenoxy) is 1. The molecule has 0 radical (unpaired) electrons. The van der Waals surface area contributed by atoms with Gasteiger partial charge in [-0.05, 0) is 75.4 Å². The summed E-state index contributed by atoms with van der Waals surface area (Å²) < 4.78 is 7.01. The minimum atomic E-state index is -0.494. The number of hydrogen-bond acceptors (Lipinski definition) is 4. The van der Waals surface area contributed by atoms with Crippen LogP contribution >= 0.6 is 43.5 Å². The van der Waals surface area contributed by atoms with Crippen LogP contribution in [-0.2, 0) is 4.79 Å². The van der Waals surface area contributed by atoms with Crippen molar-refractivity contribution in [1.82, 2.24) is 0 Å². The lowest BCUT2D eigenvalue weighted by Crippen LogP contribution is -2.13. The summed E-state index contributed by atoms with van der Waals surface area (Å²) in [6.07, 6.45) is 0.774. The first-order chi connectivity index (χ1) is 12.7. The van der Waals surface area contributed by atoms with E-state index >= 15 is 0 Å². The van der Waals surface area contributed by atoms with Crippen molar-refractivity contribution in [2.75, 3.05) is 11.9 Å². The zero-order chi connectivity index (χ0) is 20.1. The molecule has 0 bridgehead atoms. The quantitative estimate of drug-likeness (QED) is 0.268. The Morgan fingerprint density at radius 3 is 2.63 bits per heavy atom. The predicted octanol–water partition coefficient (Wildman–Crippen LogP) is 6.19. The number of non-ortho nitro benzene ring substituents is 1. The Hall–Kier alpha value is -1.64. The molecule has 2 rings (SSSR count). The van der Waals surface area contributed by atoms with Gasteiger partial charge in [0.1, 0.15) is 5.75 Å². The zero-order valence-corrected chi connectivity index (χ0v) is 18.6.